The molecule has 2 N–H and O–H groups in total. The molecule has 1 aromatic rings. The van der Waals surface area contributed by atoms with E-state index in [9.17, 15) is 14.4 Å². The number of fused-ring (bicyclic) bond motifs is 1. The Morgan fingerprint density at radius 1 is 1.28 bits per heavy atom. The molecule has 2 amide bonds. The molecule has 0 spiro atoms. The maximum Gasteiger partial charge on any atom is 0.331 e. The van der Waals surface area contributed by atoms with Crippen molar-refractivity contribution in [2.45, 2.75) is 54.7 Å². The summed E-state index contributed by atoms with van der Waals surface area (Å²) in [7, 11) is 1.34. The smallest absolute Gasteiger partial charge is 0.331 e. The number of nitrogens with one attached hydrogen (secondary N) is 2. The summed E-state index contributed by atoms with van der Waals surface area (Å²) in [6, 6.07) is 5.21. The van der Waals surface area contributed by atoms with Crippen LogP contribution in [0.3, 0.4) is 0 Å². The fourth-order valence-corrected chi connectivity index (χ4v) is 4.30. The molecule has 1 fully saturated rings. The molecule has 0 saturated heterocycles. The van der Waals surface area contributed by atoms with E-state index in [0.29, 0.717) is 24.1 Å². The average Bonchev–Trinajstić information content (AvgIpc) is 2.62. The van der Waals surface area contributed by atoms with E-state index >= 15 is 0 Å². The van der Waals surface area contributed by atoms with Crippen LogP contribution in [0.4, 0.5) is 5.69 Å². The van der Waals surface area contributed by atoms with E-state index in [2.05, 4.69) is 10.6 Å². The van der Waals surface area contributed by atoms with Gasteiger partial charge in [-0.3, -0.25) is 9.59 Å². The van der Waals surface area contributed by atoms with Gasteiger partial charge in [-0.1, -0.05) is 19.3 Å². The molecule has 1 atom stereocenters. The molecule has 0 bridgehead atoms. The zero-order chi connectivity index (χ0) is 18.0. The molecule has 3 rings (SSSR count). The van der Waals surface area contributed by atoms with Crippen LogP contribution in [0.15, 0.2) is 23.1 Å². The molecule has 25 heavy (non-hydrogen) atoms. The Labute approximate surface area is 151 Å². The summed E-state index contributed by atoms with van der Waals surface area (Å²) in [5, 5.41) is 5.56. The van der Waals surface area contributed by atoms with Gasteiger partial charge in [0.2, 0.25) is 5.91 Å². The lowest BCUT2D eigenvalue weighted by molar-refractivity contribution is -0.149. The zero-order valence-electron chi connectivity index (χ0n) is 14.4. The lowest BCUT2D eigenvalue weighted by Gasteiger charge is -2.35. The Hall–Kier alpha value is -2.02. The number of amides is 2. The number of ether oxygens (including phenoxy) is 1. The van der Waals surface area contributed by atoms with Crippen LogP contribution in [0, 0.1) is 0 Å². The van der Waals surface area contributed by atoms with Crippen molar-refractivity contribution in [3.05, 3.63) is 23.8 Å². The van der Waals surface area contributed by atoms with Gasteiger partial charge in [-0.25, -0.2) is 4.79 Å². The van der Waals surface area contributed by atoms with Crippen LogP contribution in [0.1, 0.15) is 49.4 Å². The fraction of sp³-hybridized carbons (Fsp3) is 0.500. The van der Waals surface area contributed by atoms with Crippen molar-refractivity contribution in [1.29, 1.82) is 0 Å². The third-order valence-corrected chi connectivity index (χ3v) is 5.99. The number of hydrogen-bond acceptors (Lipinski definition) is 5. The molecule has 7 heteroatoms. The number of thioether (sulfide) groups is 1. The summed E-state index contributed by atoms with van der Waals surface area (Å²) < 4.78 is 4.93. The Balaban J connectivity index is 1.82. The number of carbonyl (C=O) groups is 3. The van der Waals surface area contributed by atoms with Gasteiger partial charge in [-0.2, -0.15) is 0 Å². The van der Waals surface area contributed by atoms with Crippen LogP contribution < -0.4 is 10.6 Å². The highest BCUT2D eigenvalue weighted by molar-refractivity contribution is 8.00. The normalized spacial score (nSPS) is 21.7. The highest BCUT2D eigenvalue weighted by Gasteiger charge is 2.42. The largest absolute Gasteiger partial charge is 0.467 e. The third kappa shape index (κ3) is 3.51. The van der Waals surface area contributed by atoms with Crippen molar-refractivity contribution in [1.82, 2.24) is 5.32 Å². The number of esters is 1. The summed E-state index contributed by atoms with van der Waals surface area (Å²) in [5.41, 5.74) is 0.103. The second kappa shape index (κ2) is 7.07. The maximum atomic E-state index is 12.7. The predicted octanol–water partition coefficient (Wildman–Crippen LogP) is 2.73. The summed E-state index contributed by atoms with van der Waals surface area (Å²) in [5.74, 6) is -0.794. The van der Waals surface area contributed by atoms with E-state index in [1.54, 1.807) is 12.1 Å². The van der Waals surface area contributed by atoms with Gasteiger partial charge in [-0.05, 0) is 38.0 Å². The van der Waals surface area contributed by atoms with Gasteiger partial charge in [0.05, 0.1) is 18.0 Å². The van der Waals surface area contributed by atoms with Crippen molar-refractivity contribution in [3.63, 3.8) is 0 Å². The second-order valence-corrected chi connectivity index (χ2v) is 7.93. The van der Waals surface area contributed by atoms with Crippen molar-refractivity contribution in [3.8, 4) is 0 Å². The topological polar surface area (TPSA) is 84.5 Å². The Morgan fingerprint density at radius 3 is 2.68 bits per heavy atom. The third-order valence-electron chi connectivity index (χ3n) is 4.81. The molecule has 1 saturated carbocycles. The average molecular weight is 362 g/mol. The van der Waals surface area contributed by atoms with Gasteiger partial charge in [0, 0.05) is 10.5 Å². The molecule has 1 aromatic carbocycles. The van der Waals surface area contributed by atoms with Crippen molar-refractivity contribution in [2.24, 2.45) is 0 Å². The van der Waals surface area contributed by atoms with E-state index in [-0.39, 0.29) is 17.1 Å². The van der Waals surface area contributed by atoms with E-state index in [0.717, 1.165) is 24.2 Å². The van der Waals surface area contributed by atoms with Gasteiger partial charge in [-0.15, -0.1) is 11.8 Å². The van der Waals surface area contributed by atoms with E-state index < -0.39 is 11.5 Å². The summed E-state index contributed by atoms with van der Waals surface area (Å²) in [6.45, 7) is 1.84. The number of methoxy groups -OCH3 is 1. The first-order valence-electron chi connectivity index (χ1n) is 8.48. The van der Waals surface area contributed by atoms with Crippen LogP contribution in [0.2, 0.25) is 0 Å². The molecule has 0 radical (unpaired) electrons. The van der Waals surface area contributed by atoms with Crippen LogP contribution in [-0.4, -0.2) is 35.7 Å². The van der Waals surface area contributed by atoms with E-state index in [1.807, 2.05) is 13.0 Å². The number of benzene rings is 1. The molecular formula is C18H22N2O4S. The highest BCUT2D eigenvalue weighted by Crippen LogP contribution is 2.36. The first kappa shape index (κ1) is 17.8. The first-order valence-corrected chi connectivity index (χ1v) is 9.36. The summed E-state index contributed by atoms with van der Waals surface area (Å²) in [6.07, 6.45) is 3.98. The van der Waals surface area contributed by atoms with Crippen LogP contribution in [0.25, 0.3) is 0 Å². The predicted molar refractivity (Wildman–Crippen MR) is 95.7 cm³/mol. The highest BCUT2D eigenvalue weighted by atomic mass is 32.2. The molecule has 0 aromatic heterocycles. The molecular weight excluding hydrogens is 340 g/mol. The first-order chi connectivity index (χ1) is 11.9. The SMILES string of the molecule is COC(=O)C1(NC(=O)c2ccc3c(c2)NC(=O)[C@@H](C)S3)CCCCC1. The quantitative estimate of drug-likeness (QED) is 0.808. The van der Waals surface area contributed by atoms with Crippen molar-refractivity contribution in [2.75, 3.05) is 12.4 Å². The van der Waals surface area contributed by atoms with Gasteiger partial charge in [0.1, 0.15) is 5.54 Å². The second-order valence-electron chi connectivity index (χ2n) is 6.55. The molecule has 0 unspecified atom stereocenters. The van der Waals surface area contributed by atoms with Crippen LogP contribution >= 0.6 is 11.8 Å². The van der Waals surface area contributed by atoms with Crippen molar-refractivity contribution < 1.29 is 19.1 Å². The molecule has 6 nitrogen and oxygen atoms in total. The standard InChI is InChI=1S/C18H22N2O4S/c1-11-15(21)19-13-10-12(6-7-14(13)25-11)16(22)20-18(17(23)24-2)8-4-3-5-9-18/h6-7,10-11H,3-5,8-9H2,1-2H3,(H,19,21)(H,20,22)/t11-/m1/s1. The van der Waals surface area contributed by atoms with Gasteiger partial charge in [0.25, 0.3) is 5.91 Å². The minimum absolute atomic E-state index is 0.0756. The van der Waals surface area contributed by atoms with Gasteiger partial charge >= 0.3 is 5.97 Å². The minimum atomic E-state index is -0.952. The van der Waals surface area contributed by atoms with E-state index in [1.165, 1.54) is 18.9 Å². The molecule has 1 heterocycles. The summed E-state index contributed by atoms with van der Waals surface area (Å²) >= 11 is 1.47. The lowest BCUT2D eigenvalue weighted by Crippen LogP contribution is -2.56. The van der Waals surface area contributed by atoms with Crippen molar-refractivity contribution >= 4 is 35.2 Å². The molecule has 1 aliphatic carbocycles. The van der Waals surface area contributed by atoms with Crippen LogP contribution in [0.5, 0.6) is 0 Å². The summed E-state index contributed by atoms with van der Waals surface area (Å²) in [4.78, 5) is 37.8. The molecule has 1 aliphatic heterocycles. The maximum absolute atomic E-state index is 12.7. The monoisotopic (exact) mass is 362 g/mol. The number of hydrogen-bond donors (Lipinski definition) is 2. The lowest BCUT2D eigenvalue weighted by atomic mass is 9.81. The Bertz CT molecular complexity index is 713. The Morgan fingerprint density at radius 2 is 2.00 bits per heavy atom. The van der Waals surface area contributed by atoms with Gasteiger partial charge in [0.15, 0.2) is 0 Å². The van der Waals surface area contributed by atoms with E-state index in [4.69, 9.17) is 4.74 Å². The number of carbonyl (C=O) groups excluding carboxylic acids is 3. The van der Waals surface area contributed by atoms with Gasteiger partial charge < -0.3 is 15.4 Å². The zero-order valence-corrected chi connectivity index (χ0v) is 15.2. The number of rotatable bonds is 3. The van der Waals surface area contributed by atoms with Crippen LogP contribution in [-0.2, 0) is 14.3 Å². The molecule has 2 aliphatic rings. The fourth-order valence-electron chi connectivity index (χ4n) is 3.37. The Kier molecular flexibility index (Phi) is 5.03. The molecule has 134 valence electrons. The number of anilines is 1. The minimum Gasteiger partial charge on any atom is -0.467 e.